The average Bonchev–Trinajstić information content (AvgIpc) is 3.79. The van der Waals surface area contributed by atoms with Crippen molar-refractivity contribution in [2.45, 2.75) is 69.6 Å². The van der Waals surface area contributed by atoms with Crippen LogP contribution in [0, 0.1) is 5.41 Å². The third-order valence-electron chi connectivity index (χ3n) is 9.54. The smallest absolute Gasteiger partial charge is 0.349 e. The van der Waals surface area contributed by atoms with Crippen molar-refractivity contribution < 1.29 is 19.4 Å². The molecule has 0 bridgehead atoms. The summed E-state index contributed by atoms with van der Waals surface area (Å²) in [4.78, 5) is 28.3. The molecular formula is C31H32Cl2N4O4S2. The van der Waals surface area contributed by atoms with Gasteiger partial charge >= 0.3 is 5.97 Å². The van der Waals surface area contributed by atoms with Crippen LogP contribution >= 0.6 is 45.9 Å². The van der Waals surface area contributed by atoms with Gasteiger partial charge in [0, 0.05) is 12.1 Å². The zero-order valence-corrected chi connectivity index (χ0v) is 26.7. The Bertz CT molecular complexity index is 1640. The summed E-state index contributed by atoms with van der Waals surface area (Å²) >= 11 is 14.6. The Balaban J connectivity index is 0.918. The van der Waals surface area contributed by atoms with Gasteiger partial charge in [-0.05, 0) is 118 Å². The SMILES string of the molecule is O=Cc1cc2nnn(CCCN3CCC4(CC3)CC(OC(=O)C(O)(c3ccc(Cl)s3)c3ccc(Cl)s3)C4)c2c2c1CCC2. The highest BCUT2D eigenvalue weighted by molar-refractivity contribution is 7.18. The number of carbonyl (C=O) groups excluding carboxylic acids is 2. The Kier molecular flexibility index (Phi) is 7.89. The fraction of sp³-hybridized carbons (Fsp3) is 0.484. The van der Waals surface area contributed by atoms with Crippen LogP contribution < -0.4 is 0 Å². The lowest BCUT2D eigenvalue weighted by Gasteiger charge is -2.51. The molecule has 1 aromatic carbocycles. The molecular weight excluding hydrogens is 627 g/mol. The first-order chi connectivity index (χ1) is 20.8. The number of likely N-dealkylation sites (tertiary alicyclic amines) is 1. The van der Waals surface area contributed by atoms with Crippen LogP contribution in [0.4, 0.5) is 0 Å². The van der Waals surface area contributed by atoms with E-state index in [-0.39, 0.29) is 11.5 Å². The van der Waals surface area contributed by atoms with Crippen LogP contribution in [0.5, 0.6) is 0 Å². The molecule has 1 saturated carbocycles. The van der Waals surface area contributed by atoms with E-state index in [0.717, 1.165) is 100 Å². The van der Waals surface area contributed by atoms with Crippen LogP contribution in [0.2, 0.25) is 8.67 Å². The Morgan fingerprint density at radius 1 is 1.07 bits per heavy atom. The summed E-state index contributed by atoms with van der Waals surface area (Å²) in [5.74, 6) is -0.671. The molecule has 8 nitrogen and oxygen atoms in total. The summed E-state index contributed by atoms with van der Waals surface area (Å²) in [5, 5.41) is 20.4. The molecule has 1 N–H and O–H groups in total. The van der Waals surface area contributed by atoms with Gasteiger partial charge in [0.05, 0.1) is 23.9 Å². The maximum Gasteiger partial charge on any atom is 0.349 e. The molecule has 3 aromatic heterocycles. The van der Waals surface area contributed by atoms with E-state index < -0.39 is 11.6 Å². The molecule has 0 atom stereocenters. The quantitative estimate of drug-likeness (QED) is 0.167. The number of aliphatic hydroxyl groups is 1. The van der Waals surface area contributed by atoms with Crippen molar-refractivity contribution in [3.05, 3.63) is 65.4 Å². The van der Waals surface area contributed by atoms with Gasteiger partial charge in [-0.25, -0.2) is 9.48 Å². The van der Waals surface area contributed by atoms with E-state index in [1.54, 1.807) is 24.3 Å². The van der Waals surface area contributed by atoms with Crippen molar-refractivity contribution in [2.75, 3.05) is 19.6 Å². The van der Waals surface area contributed by atoms with E-state index in [1.807, 2.05) is 10.7 Å². The Labute approximate surface area is 267 Å². The number of aldehydes is 1. The van der Waals surface area contributed by atoms with Gasteiger partial charge in [-0.3, -0.25) is 4.79 Å². The first-order valence-electron chi connectivity index (χ1n) is 14.8. The molecule has 0 unspecified atom stereocenters. The van der Waals surface area contributed by atoms with E-state index in [4.69, 9.17) is 27.9 Å². The molecule has 4 aromatic rings. The fourth-order valence-electron chi connectivity index (χ4n) is 7.22. The number of rotatable bonds is 9. The number of piperidine rings is 1. The van der Waals surface area contributed by atoms with Crippen molar-refractivity contribution in [3.8, 4) is 0 Å². The molecule has 0 radical (unpaired) electrons. The molecule has 1 saturated heterocycles. The number of ether oxygens (including phenoxy) is 1. The number of esters is 1. The van der Waals surface area contributed by atoms with Crippen LogP contribution in [0.3, 0.4) is 0 Å². The van der Waals surface area contributed by atoms with E-state index in [1.165, 1.54) is 33.8 Å². The summed E-state index contributed by atoms with van der Waals surface area (Å²) in [6.07, 6.45) is 8.50. The number of hydrogen-bond donors (Lipinski definition) is 1. The standard InChI is InChI=1S/C31H32Cl2N4O4S2/c32-26-7-5-24(42-26)31(40,25-6-8-27(33)43-25)29(39)41-20-16-30(17-20)9-13-36(14-10-30)11-2-12-37-28-22-4-1-3-21(22)19(18-38)15-23(28)34-35-37/h5-8,15,18,20,40H,1-4,9-14,16-17H2. The highest BCUT2D eigenvalue weighted by Gasteiger charge is 2.51. The number of nitrogens with zero attached hydrogens (tertiary/aromatic N) is 4. The number of aryl methyl sites for hydroxylation is 2. The largest absolute Gasteiger partial charge is 0.460 e. The minimum atomic E-state index is -1.92. The van der Waals surface area contributed by atoms with Crippen molar-refractivity contribution in [3.63, 3.8) is 0 Å². The lowest BCUT2D eigenvalue weighted by Crippen LogP contribution is -2.52. The number of halogens is 2. The summed E-state index contributed by atoms with van der Waals surface area (Å²) < 4.78 is 8.92. The number of hydrogen-bond acceptors (Lipinski definition) is 9. The number of aromatic nitrogens is 3. The second kappa shape index (κ2) is 11.5. The first-order valence-corrected chi connectivity index (χ1v) is 17.2. The number of benzene rings is 1. The number of carbonyl (C=O) groups is 2. The third kappa shape index (κ3) is 5.34. The maximum atomic E-state index is 13.4. The molecule has 43 heavy (non-hydrogen) atoms. The lowest BCUT2D eigenvalue weighted by molar-refractivity contribution is -0.181. The molecule has 1 aliphatic heterocycles. The Morgan fingerprint density at radius 2 is 1.74 bits per heavy atom. The Hall–Kier alpha value is -2.34. The predicted octanol–water partition coefficient (Wildman–Crippen LogP) is 6.28. The first kappa shape index (κ1) is 29.4. The predicted molar refractivity (Wildman–Crippen MR) is 168 cm³/mol. The van der Waals surface area contributed by atoms with E-state index in [0.29, 0.717) is 18.4 Å². The van der Waals surface area contributed by atoms with Gasteiger partial charge in [-0.2, -0.15) is 0 Å². The van der Waals surface area contributed by atoms with Gasteiger partial charge in [0.25, 0.3) is 0 Å². The maximum absolute atomic E-state index is 13.4. The third-order valence-corrected chi connectivity index (χ3v) is 12.2. The highest BCUT2D eigenvalue weighted by Crippen LogP contribution is 2.51. The molecule has 2 fully saturated rings. The van der Waals surface area contributed by atoms with Crippen molar-refractivity contribution in [2.24, 2.45) is 5.41 Å². The van der Waals surface area contributed by atoms with Crippen LogP contribution in [0.1, 0.15) is 69.8 Å². The molecule has 226 valence electrons. The van der Waals surface area contributed by atoms with Gasteiger partial charge < -0.3 is 14.7 Å². The summed E-state index contributed by atoms with van der Waals surface area (Å²) in [6.45, 7) is 3.82. The van der Waals surface area contributed by atoms with Gasteiger partial charge in [0.2, 0.25) is 5.60 Å². The topological polar surface area (TPSA) is 97.5 Å². The second-order valence-corrected chi connectivity index (χ2v) is 15.6. The molecule has 4 heterocycles. The van der Waals surface area contributed by atoms with Crippen LogP contribution in [-0.4, -0.2) is 63.0 Å². The zero-order chi connectivity index (χ0) is 29.8. The van der Waals surface area contributed by atoms with Gasteiger partial charge in [-0.1, -0.05) is 28.4 Å². The molecule has 0 amide bonds. The van der Waals surface area contributed by atoms with Crippen molar-refractivity contribution in [1.82, 2.24) is 19.9 Å². The van der Waals surface area contributed by atoms with E-state index >= 15 is 0 Å². The summed E-state index contributed by atoms with van der Waals surface area (Å²) in [6, 6.07) is 8.57. The highest BCUT2D eigenvalue weighted by atomic mass is 35.5. The minimum Gasteiger partial charge on any atom is -0.460 e. The number of fused-ring (bicyclic) bond motifs is 3. The molecule has 3 aliphatic rings. The summed E-state index contributed by atoms with van der Waals surface area (Å²) in [7, 11) is 0. The van der Waals surface area contributed by atoms with Crippen molar-refractivity contribution >= 4 is 69.2 Å². The number of thiophene rings is 2. The minimum absolute atomic E-state index is 0.191. The molecule has 12 heteroatoms. The molecule has 7 rings (SSSR count). The van der Waals surface area contributed by atoms with E-state index in [2.05, 4.69) is 15.2 Å². The zero-order valence-electron chi connectivity index (χ0n) is 23.6. The Morgan fingerprint density at radius 3 is 2.37 bits per heavy atom. The van der Waals surface area contributed by atoms with Crippen LogP contribution in [0.15, 0.2) is 30.3 Å². The second-order valence-electron chi connectivity index (χ2n) is 12.1. The van der Waals surface area contributed by atoms with E-state index in [9.17, 15) is 14.7 Å². The fourth-order valence-corrected chi connectivity index (χ4v) is 9.56. The van der Waals surface area contributed by atoms with Gasteiger partial charge in [0.1, 0.15) is 17.9 Å². The monoisotopic (exact) mass is 658 g/mol. The summed E-state index contributed by atoms with van der Waals surface area (Å²) in [5.41, 5.74) is 3.37. The lowest BCUT2D eigenvalue weighted by atomic mass is 9.61. The van der Waals surface area contributed by atoms with Crippen molar-refractivity contribution in [1.29, 1.82) is 0 Å². The van der Waals surface area contributed by atoms with Gasteiger partial charge in [-0.15, -0.1) is 27.8 Å². The van der Waals surface area contributed by atoms with Crippen LogP contribution in [0.25, 0.3) is 11.0 Å². The molecule has 2 aliphatic carbocycles. The normalized spacial score (nSPS) is 18.7. The van der Waals surface area contributed by atoms with Gasteiger partial charge in [0.15, 0.2) is 0 Å². The van der Waals surface area contributed by atoms with Crippen LogP contribution in [-0.2, 0) is 34.5 Å². The average molecular weight is 660 g/mol. The molecule has 1 spiro atoms.